The first-order valence-corrected chi connectivity index (χ1v) is 8.92. The number of nitrogens with zero attached hydrogens (tertiary/aromatic N) is 2. The van der Waals surface area contributed by atoms with Crippen LogP contribution in [0.25, 0.3) is 0 Å². The van der Waals surface area contributed by atoms with Gasteiger partial charge < -0.3 is 19.7 Å². The molecule has 2 aromatic carbocycles. The molecule has 1 atom stereocenters. The summed E-state index contributed by atoms with van der Waals surface area (Å²) in [7, 11) is 5.07. The fourth-order valence-corrected chi connectivity index (χ4v) is 2.67. The first-order valence-electron chi connectivity index (χ1n) is 8.55. The number of ether oxygens (including phenoxy) is 2. The normalized spacial score (nSPS) is 11.2. The van der Waals surface area contributed by atoms with Gasteiger partial charge in [-0.15, -0.1) is 12.4 Å². The molecule has 0 aromatic heterocycles. The van der Waals surface area contributed by atoms with Crippen LogP contribution < -0.4 is 14.8 Å². The second kappa shape index (κ2) is 11.5. The average Bonchev–Trinajstić information content (AvgIpc) is 2.67. The van der Waals surface area contributed by atoms with Gasteiger partial charge in [0.25, 0.3) is 5.69 Å². The van der Waals surface area contributed by atoms with E-state index >= 15 is 0 Å². The van der Waals surface area contributed by atoms with Crippen LogP contribution in [0.5, 0.6) is 11.5 Å². The van der Waals surface area contributed by atoms with E-state index in [-0.39, 0.29) is 29.2 Å². The minimum atomic E-state index is -0.508. The quantitative estimate of drug-likeness (QED) is 0.477. The Morgan fingerprint density at radius 3 is 2.41 bits per heavy atom. The number of nitro groups is 1. The number of nitro benzene ring substituents is 1. The van der Waals surface area contributed by atoms with Crippen LogP contribution in [0.1, 0.15) is 18.0 Å². The maximum absolute atomic E-state index is 11.6. The number of rotatable bonds is 8. The minimum Gasteiger partial charge on any atom is -0.492 e. The number of nitrogens with one attached hydrogen (secondary N) is 1. The second-order valence-corrected chi connectivity index (χ2v) is 6.59. The number of halogens is 2. The highest BCUT2D eigenvalue weighted by atomic mass is 35.5. The molecular weight excluding hydrogens is 421 g/mol. The summed E-state index contributed by atoms with van der Waals surface area (Å²) in [6.07, 6.45) is 0.201. The summed E-state index contributed by atoms with van der Waals surface area (Å²) in [5, 5.41) is 14.1. The predicted octanol–water partition coefficient (Wildman–Crippen LogP) is 4.46. The summed E-state index contributed by atoms with van der Waals surface area (Å²) < 4.78 is 10.9. The maximum atomic E-state index is 11.6. The van der Waals surface area contributed by atoms with Gasteiger partial charge in [-0.3, -0.25) is 10.1 Å². The Morgan fingerprint density at radius 2 is 1.90 bits per heavy atom. The van der Waals surface area contributed by atoms with Gasteiger partial charge in [0.15, 0.2) is 0 Å². The summed E-state index contributed by atoms with van der Waals surface area (Å²) in [4.78, 5) is 23.2. The zero-order chi connectivity index (χ0) is 20.7. The first kappa shape index (κ1) is 24.5. The molecule has 0 aliphatic heterocycles. The van der Waals surface area contributed by atoms with Crippen molar-refractivity contribution in [3.8, 4) is 11.5 Å². The third-order valence-corrected chi connectivity index (χ3v) is 4.29. The van der Waals surface area contributed by atoms with Crippen molar-refractivity contribution in [2.24, 2.45) is 0 Å². The predicted molar refractivity (Wildman–Crippen MR) is 113 cm³/mol. The van der Waals surface area contributed by atoms with Crippen LogP contribution in [0.3, 0.4) is 0 Å². The van der Waals surface area contributed by atoms with Gasteiger partial charge >= 0.3 is 6.09 Å². The average molecular weight is 444 g/mol. The Hall–Kier alpha value is -2.55. The monoisotopic (exact) mass is 443 g/mol. The van der Waals surface area contributed by atoms with E-state index in [2.05, 4.69) is 5.32 Å². The van der Waals surface area contributed by atoms with Gasteiger partial charge in [0, 0.05) is 38.7 Å². The molecule has 0 heterocycles. The Balaban J connectivity index is 0.00000420. The molecule has 0 aliphatic rings. The summed E-state index contributed by atoms with van der Waals surface area (Å²) in [5.74, 6) is 0.860. The van der Waals surface area contributed by atoms with Crippen LogP contribution in [0.4, 0.5) is 10.5 Å². The Labute approximate surface area is 180 Å². The van der Waals surface area contributed by atoms with Crippen molar-refractivity contribution in [3.05, 3.63) is 63.2 Å². The summed E-state index contributed by atoms with van der Waals surface area (Å²) >= 11 is 6.03. The molecule has 2 rings (SSSR count). The highest BCUT2D eigenvalue weighted by Gasteiger charge is 2.13. The van der Waals surface area contributed by atoms with E-state index in [1.807, 2.05) is 19.2 Å². The van der Waals surface area contributed by atoms with Gasteiger partial charge in [-0.05, 0) is 30.8 Å². The van der Waals surface area contributed by atoms with Gasteiger partial charge in [-0.25, -0.2) is 4.79 Å². The van der Waals surface area contributed by atoms with Crippen LogP contribution in [0, 0.1) is 10.1 Å². The van der Waals surface area contributed by atoms with Crippen molar-refractivity contribution in [2.75, 3.05) is 27.7 Å². The third-order valence-electron chi connectivity index (χ3n) is 3.99. The van der Waals surface area contributed by atoms with E-state index in [0.29, 0.717) is 24.5 Å². The van der Waals surface area contributed by atoms with Gasteiger partial charge in [-0.1, -0.05) is 23.7 Å². The molecule has 1 unspecified atom stereocenters. The summed E-state index contributed by atoms with van der Waals surface area (Å²) in [6, 6.07) is 11.3. The van der Waals surface area contributed by atoms with Gasteiger partial charge in [0.05, 0.1) is 16.6 Å². The van der Waals surface area contributed by atoms with Crippen molar-refractivity contribution in [2.45, 2.75) is 12.5 Å². The highest BCUT2D eigenvalue weighted by molar-refractivity contribution is 6.32. The molecule has 10 heteroatoms. The lowest BCUT2D eigenvalue weighted by Crippen LogP contribution is -2.25. The molecule has 0 saturated heterocycles. The van der Waals surface area contributed by atoms with Crippen LogP contribution in [0.2, 0.25) is 5.02 Å². The molecule has 0 aliphatic carbocycles. The Morgan fingerprint density at radius 1 is 1.24 bits per heavy atom. The minimum absolute atomic E-state index is 0. The molecule has 2 aromatic rings. The van der Waals surface area contributed by atoms with E-state index in [4.69, 9.17) is 21.1 Å². The second-order valence-electron chi connectivity index (χ2n) is 6.18. The lowest BCUT2D eigenvalue weighted by molar-refractivity contribution is -0.384. The molecule has 158 valence electrons. The molecule has 29 heavy (non-hydrogen) atoms. The topological polar surface area (TPSA) is 93.9 Å². The van der Waals surface area contributed by atoms with Crippen molar-refractivity contribution in [1.29, 1.82) is 0 Å². The molecule has 1 N–H and O–H groups in total. The van der Waals surface area contributed by atoms with Gasteiger partial charge in [0.1, 0.15) is 11.5 Å². The number of carbonyl (C=O) groups excluding carboxylic acids is 1. The lowest BCUT2D eigenvalue weighted by Gasteiger charge is -2.18. The number of carbonyl (C=O) groups is 1. The fourth-order valence-electron chi connectivity index (χ4n) is 2.45. The van der Waals surface area contributed by atoms with E-state index in [9.17, 15) is 14.9 Å². The van der Waals surface area contributed by atoms with Crippen molar-refractivity contribution < 1.29 is 19.2 Å². The van der Waals surface area contributed by atoms with Crippen LogP contribution in [-0.2, 0) is 0 Å². The molecule has 0 fully saturated rings. The largest absolute Gasteiger partial charge is 0.492 e. The lowest BCUT2D eigenvalue weighted by atomic mass is 10.0. The maximum Gasteiger partial charge on any atom is 0.414 e. The van der Waals surface area contributed by atoms with Crippen molar-refractivity contribution >= 4 is 35.8 Å². The SMILES string of the molecule is CNC(CCOc1ccc([N+](=O)[O-])cc1Cl)c1ccc(OC(=O)N(C)C)cc1.Cl. The van der Waals surface area contributed by atoms with Crippen molar-refractivity contribution in [1.82, 2.24) is 10.2 Å². The van der Waals surface area contributed by atoms with Crippen LogP contribution in [-0.4, -0.2) is 43.7 Å². The molecule has 0 bridgehead atoms. The fraction of sp³-hybridized carbons (Fsp3) is 0.316. The highest BCUT2D eigenvalue weighted by Crippen LogP contribution is 2.29. The van der Waals surface area contributed by atoms with E-state index in [1.165, 1.54) is 23.1 Å². The zero-order valence-electron chi connectivity index (χ0n) is 16.3. The Kier molecular flexibility index (Phi) is 9.67. The smallest absolute Gasteiger partial charge is 0.414 e. The van der Waals surface area contributed by atoms with E-state index < -0.39 is 11.0 Å². The Bertz CT molecular complexity index is 831. The molecule has 1 amide bonds. The standard InChI is InChI=1S/C19H22ClN3O5.ClH/c1-21-17(13-4-7-15(8-5-13)28-19(24)22(2)3)10-11-27-18-9-6-14(23(25)26)12-16(18)20;/h4-9,12,17,21H,10-11H2,1-3H3;1H. The number of amides is 1. The van der Waals surface area contributed by atoms with E-state index in [1.54, 1.807) is 26.2 Å². The first-order chi connectivity index (χ1) is 13.3. The molecule has 0 saturated carbocycles. The molecule has 0 spiro atoms. The third kappa shape index (κ3) is 7.08. The molecule has 8 nitrogen and oxygen atoms in total. The molecule has 0 radical (unpaired) electrons. The number of non-ortho nitro benzene ring substituents is 1. The van der Waals surface area contributed by atoms with Crippen LogP contribution >= 0.6 is 24.0 Å². The zero-order valence-corrected chi connectivity index (χ0v) is 17.8. The van der Waals surface area contributed by atoms with Gasteiger partial charge in [-0.2, -0.15) is 0 Å². The van der Waals surface area contributed by atoms with Crippen LogP contribution in [0.15, 0.2) is 42.5 Å². The molecular formula is C19H23Cl2N3O5. The number of benzene rings is 2. The summed E-state index contributed by atoms with van der Waals surface area (Å²) in [5.41, 5.74) is 0.922. The number of hydrogen-bond acceptors (Lipinski definition) is 6. The van der Waals surface area contributed by atoms with Gasteiger partial charge in [0.2, 0.25) is 0 Å². The number of hydrogen-bond donors (Lipinski definition) is 1. The van der Waals surface area contributed by atoms with Crippen molar-refractivity contribution in [3.63, 3.8) is 0 Å². The van der Waals surface area contributed by atoms with E-state index in [0.717, 1.165) is 5.56 Å². The summed E-state index contributed by atoms with van der Waals surface area (Å²) in [6.45, 7) is 0.362.